The summed E-state index contributed by atoms with van der Waals surface area (Å²) in [4.78, 5) is 60.2. The second kappa shape index (κ2) is 8.06. The lowest BCUT2D eigenvalue weighted by Gasteiger charge is -2.33. The van der Waals surface area contributed by atoms with E-state index in [1.807, 2.05) is 0 Å². The van der Waals surface area contributed by atoms with Gasteiger partial charge in [-0.25, -0.2) is 4.79 Å². The molecule has 2 rings (SSSR count). The summed E-state index contributed by atoms with van der Waals surface area (Å²) in [6.07, 6.45) is 0.312. The highest BCUT2D eigenvalue weighted by atomic mass is 16.4. The van der Waals surface area contributed by atoms with Crippen molar-refractivity contribution in [2.24, 2.45) is 0 Å². The van der Waals surface area contributed by atoms with Gasteiger partial charge in [0, 0.05) is 13.1 Å². The van der Waals surface area contributed by atoms with Crippen molar-refractivity contribution >= 4 is 35.9 Å². The maximum atomic E-state index is 12.5. The fourth-order valence-corrected chi connectivity index (χ4v) is 2.35. The minimum atomic E-state index is -1.21. The number of carbonyl (C=O) groups is 5. The van der Waals surface area contributed by atoms with Crippen LogP contribution in [0.4, 0.5) is 4.79 Å². The number of hydrogen-bond acceptors (Lipinski definition) is 5. The van der Waals surface area contributed by atoms with Gasteiger partial charge in [0.2, 0.25) is 0 Å². The lowest BCUT2D eigenvalue weighted by Crippen LogP contribution is -2.57. The summed E-state index contributed by atoms with van der Waals surface area (Å²) in [6.45, 7) is -0.841. The number of hydrogen-bond donors (Lipinski definition) is 2. The molecular weight excluding hydrogens is 344 g/mol. The van der Waals surface area contributed by atoms with Crippen molar-refractivity contribution in [3.05, 3.63) is 41.5 Å². The number of carboxylic acids is 2. The van der Waals surface area contributed by atoms with Crippen LogP contribution >= 0.6 is 0 Å². The average Bonchev–Trinajstić information content (AvgIpc) is 2.59. The van der Waals surface area contributed by atoms with Gasteiger partial charge in [0.05, 0.1) is 12.8 Å². The molecule has 1 aliphatic heterocycles. The zero-order chi connectivity index (χ0) is 19.3. The monoisotopic (exact) mass is 360 g/mol. The van der Waals surface area contributed by atoms with E-state index in [0.717, 1.165) is 0 Å². The summed E-state index contributed by atoms with van der Waals surface area (Å²) in [7, 11) is 0. The maximum absolute atomic E-state index is 12.5. The van der Waals surface area contributed by atoms with E-state index in [2.05, 4.69) is 0 Å². The number of nitrogens with zero attached hydrogens (tertiary/aromatic N) is 2. The van der Waals surface area contributed by atoms with Gasteiger partial charge < -0.3 is 10.2 Å². The Morgan fingerprint density at radius 2 is 1.31 bits per heavy atom. The third kappa shape index (κ3) is 4.32. The fraction of sp³-hybridized carbons (Fsp3) is 0.235. The molecule has 9 nitrogen and oxygen atoms in total. The normalized spacial score (nSPS) is 14.6. The zero-order valence-electron chi connectivity index (χ0n) is 13.6. The first-order valence-electron chi connectivity index (χ1n) is 7.69. The number of carbonyl (C=O) groups excluding carboxylic acids is 3. The molecule has 26 heavy (non-hydrogen) atoms. The molecule has 1 aromatic carbocycles. The number of imide groups is 2. The topological polar surface area (TPSA) is 132 Å². The summed E-state index contributed by atoms with van der Waals surface area (Å²) in [5, 5.41) is 17.6. The fourth-order valence-electron chi connectivity index (χ4n) is 2.35. The number of carboxylic acid groups (broad SMARTS) is 2. The molecule has 4 amide bonds. The first-order valence-corrected chi connectivity index (χ1v) is 7.69. The van der Waals surface area contributed by atoms with Gasteiger partial charge in [-0.2, -0.15) is 0 Å². The highest BCUT2D eigenvalue weighted by Gasteiger charge is 2.41. The van der Waals surface area contributed by atoms with Gasteiger partial charge in [0.15, 0.2) is 0 Å². The van der Waals surface area contributed by atoms with E-state index in [4.69, 9.17) is 10.2 Å². The summed E-state index contributed by atoms with van der Waals surface area (Å²) >= 11 is 0. The SMILES string of the molecule is O=C(O)CCN1C(=O)C(=Cc2ccccc2)C(=O)N(CCC(=O)O)C1=O. The highest BCUT2D eigenvalue weighted by molar-refractivity contribution is 6.31. The first kappa shape index (κ1) is 18.8. The second-order valence-corrected chi connectivity index (χ2v) is 5.45. The molecule has 1 heterocycles. The minimum absolute atomic E-state index is 0.327. The van der Waals surface area contributed by atoms with Crippen LogP contribution in [-0.2, 0) is 19.2 Å². The van der Waals surface area contributed by atoms with Crippen LogP contribution < -0.4 is 0 Å². The predicted molar refractivity (Wildman–Crippen MR) is 87.7 cm³/mol. The minimum Gasteiger partial charge on any atom is -0.481 e. The van der Waals surface area contributed by atoms with Crippen molar-refractivity contribution in [2.45, 2.75) is 12.8 Å². The van der Waals surface area contributed by atoms with E-state index in [9.17, 15) is 24.0 Å². The van der Waals surface area contributed by atoms with Crippen molar-refractivity contribution in [2.75, 3.05) is 13.1 Å². The van der Waals surface area contributed by atoms with Gasteiger partial charge >= 0.3 is 18.0 Å². The Morgan fingerprint density at radius 1 is 0.846 bits per heavy atom. The Hall–Kier alpha value is -3.49. The summed E-state index contributed by atoms with van der Waals surface area (Å²) in [5.74, 6) is -4.24. The number of amides is 4. The number of barbiturate groups is 1. The van der Waals surface area contributed by atoms with Crippen LogP contribution in [-0.4, -0.2) is 62.9 Å². The molecule has 0 radical (unpaired) electrons. The molecule has 9 heteroatoms. The molecule has 0 unspecified atom stereocenters. The van der Waals surface area contributed by atoms with E-state index >= 15 is 0 Å². The molecule has 1 saturated heterocycles. The largest absolute Gasteiger partial charge is 0.481 e. The van der Waals surface area contributed by atoms with Gasteiger partial charge in [-0.15, -0.1) is 0 Å². The second-order valence-electron chi connectivity index (χ2n) is 5.45. The summed E-state index contributed by atoms with van der Waals surface area (Å²) < 4.78 is 0. The van der Waals surface area contributed by atoms with Crippen molar-refractivity contribution in [3.63, 3.8) is 0 Å². The van der Waals surface area contributed by atoms with Crippen LogP contribution in [0.25, 0.3) is 6.08 Å². The summed E-state index contributed by atoms with van der Waals surface area (Å²) in [5.41, 5.74) is 0.210. The molecule has 1 aromatic rings. The molecule has 0 bridgehead atoms. The Labute approximate surface area is 148 Å². The van der Waals surface area contributed by atoms with Crippen molar-refractivity contribution in [1.29, 1.82) is 0 Å². The van der Waals surface area contributed by atoms with Gasteiger partial charge in [0.25, 0.3) is 11.8 Å². The van der Waals surface area contributed by atoms with Crippen LogP contribution in [0.5, 0.6) is 0 Å². The van der Waals surface area contributed by atoms with Crippen LogP contribution in [0.2, 0.25) is 0 Å². The molecule has 0 aromatic heterocycles. The summed E-state index contributed by atoms with van der Waals surface area (Å²) in [6, 6.07) is 7.40. The average molecular weight is 360 g/mol. The molecular formula is C17H16N2O7. The van der Waals surface area contributed by atoms with Crippen LogP contribution in [0.15, 0.2) is 35.9 Å². The Morgan fingerprint density at radius 3 is 1.73 bits per heavy atom. The number of aliphatic carboxylic acids is 2. The molecule has 136 valence electrons. The highest BCUT2D eigenvalue weighted by Crippen LogP contribution is 2.20. The van der Waals surface area contributed by atoms with Crippen LogP contribution in [0.1, 0.15) is 18.4 Å². The van der Waals surface area contributed by atoms with Crippen molar-refractivity contribution in [1.82, 2.24) is 9.80 Å². The molecule has 1 fully saturated rings. The number of rotatable bonds is 7. The van der Waals surface area contributed by atoms with Gasteiger partial charge in [-0.3, -0.25) is 29.0 Å². The van der Waals surface area contributed by atoms with Crippen LogP contribution in [0.3, 0.4) is 0 Å². The zero-order valence-corrected chi connectivity index (χ0v) is 13.6. The lowest BCUT2D eigenvalue weighted by molar-refractivity contribution is -0.138. The maximum Gasteiger partial charge on any atom is 0.333 e. The van der Waals surface area contributed by atoms with Crippen molar-refractivity contribution in [3.8, 4) is 0 Å². The Kier molecular flexibility index (Phi) is 5.84. The Balaban J connectivity index is 2.38. The van der Waals surface area contributed by atoms with E-state index < -0.39 is 55.7 Å². The van der Waals surface area contributed by atoms with E-state index in [-0.39, 0.29) is 5.57 Å². The molecule has 0 saturated carbocycles. The molecule has 0 aliphatic carbocycles. The predicted octanol–water partition coefficient (Wildman–Crippen LogP) is 0.810. The molecule has 1 aliphatic rings. The van der Waals surface area contributed by atoms with E-state index in [1.165, 1.54) is 6.08 Å². The Bertz CT molecular complexity index is 744. The number of benzene rings is 1. The smallest absolute Gasteiger partial charge is 0.333 e. The first-order chi connectivity index (χ1) is 12.3. The molecule has 0 spiro atoms. The van der Waals surface area contributed by atoms with Gasteiger partial charge in [-0.1, -0.05) is 30.3 Å². The van der Waals surface area contributed by atoms with Gasteiger partial charge in [-0.05, 0) is 11.6 Å². The van der Waals surface area contributed by atoms with E-state index in [1.54, 1.807) is 30.3 Å². The third-order valence-electron chi connectivity index (χ3n) is 3.62. The molecule has 0 atom stereocenters. The van der Waals surface area contributed by atoms with Crippen LogP contribution in [0, 0.1) is 0 Å². The van der Waals surface area contributed by atoms with Crippen molar-refractivity contribution < 1.29 is 34.2 Å². The molecule has 2 N–H and O–H groups in total. The number of urea groups is 1. The lowest BCUT2D eigenvalue weighted by atomic mass is 10.1. The third-order valence-corrected chi connectivity index (χ3v) is 3.62. The standard InChI is InChI=1S/C17H16N2O7/c20-13(21)6-8-18-15(24)12(10-11-4-2-1-3-5-11)16(25)19(17(18)26)9-7-14(22)23/h1-5,10H,6-9H2,(H,20,21)(H,22,23). The van der Waals surface area contributed by atoms with E-state index in [0.29, 0.717) is 15.4 Å². The van der Waals surface area contributed by atoms with Gasteiger partial charge in [0.1, 0.15) is 5.57 Å². The quantitative estimate of drug-likeness (QED) is 0.543.